The van der Waals surface area contributed by atoms with Crippen LogP contribution in [0.3, 0.4) is 0 Å². The van der Waals surface area contributed by atoms with E-state index in [1.807, 2.05) is 0 Å². The van der Waals surface area contributed by atoms with Crippen LogP contribution in [-0.2, 0) is 0 Å². The standard InChI is InChI=1S/C5H12N2O4/c8-3-1-7(2-4-9)5(10)6-11/h8-9,11H,1-4H2,(H,6,10). The number of aliphatic hydroxyl groups is 2. The lowest BCUT2D eigenvalue weighted by Crippen LogP contribution is -2.41. The minimum atomic E-state index is -0.729. The van der Waals surface area contributed by atoms with Crippen LogP contribution in [-0.4, -0.2) is 52.7 Å². The lowest BCUT2D eigenvalue weighted by atomic mass is 10.5. The van der Waals surface area contributed by atoms with E-state index in [0.717, 1.165) is 4.90 Å². The molecule has 0 unspecified atom stereocenters. The van der Waals surface area contributed by atoms with E-state index >= 15 is 0 Å². The predicted molar refractivity (Wildman–Crippen MR) is 36.1 cm³/mol. The molecule has 0 saturated carbocycles. The number of urea groups is 1. The molecule has 0 aliphatic heterocycles. The summed E-state index contributed by atoms with van der Waals surface area (Å²) in [5.41, 5.74) is 1.40. The van der Waals surface area contributed by atoms with Gasteiger partial charge in [0, 0.05) is 13.1 Å². The largest absolute Gasteiger partial charge is 0.395 e. The van der Waals surface area contributed by atoms with Crippen molar-refractivity contribution in [2.45, 2.75) is 0 Å². The number of hydrogen-bond donors (Lipinski definition) is 4. The number of rotatable bonds is 4. The zero-order chi connectivity index (χ0) is 8.69. The van der Waals surface area contributed by atoms with Crippen molar-refractivity contribution >= 4 is 6.03 Å². The average molecular weight is 164 g/mol. The molecule has 0 aliphatic rings. The highest BCUT2D eigenvalue weighted by atomic mass is 16.5. The summed E-state index contributed by atoms with van der Waals surface area (Å²) >= 11 is 0. The van der Waals surface area contributed by atoms with Gasteiger partial charge in [-0.15, -0.1) is 0 Å². The van der Waals surface area contributed by atoms with Gasteiger partial charge in [-0.05, 0) is 0 Å². The maximum absolute atomic E-state index is 10.6. The molecule has 0 aromatic rings. The first-order valence-corrected chi connectivity index (χ1v) is 3.17. The molecule has 2 amide bonds. The molecule has 0 bridgehead atoms. The summed E-state index contributed by atoms with van der Waals surface area (Å²) < 4.78 is 0. The molecule has 0 rings (SSSR count). The van der Waals surface area contributed by atoms with Gasteiger partial charge in [-0.1, -0.05) is 0 Å². The number of nitrogens with one attached hydrogen (secondary N) is 1. The molecule has 6 nitrogen and oxygen atoms in total. The second-order valence-corrected chi connectivity index (χ2v) is 1.85. The Morgan fingerprint density at radius 1 is 1.27 bits per heavy atom. The first-order valence-electron chi connectivity index (χ1n) is 3.17. The number of hydroxylamine groups is 1. The van der Waals surface area contributed by atoms with Gasteiger partial charge < -0.3 is 15.1 Å². The van der Waals surface area contributed by atoms with E-state index in [9.17, 15) is 4.79 Å². The van der Waals surface area contributed by atoms with Crippen molar-refractivity contribution in [2.24, 2.45) is 0 Å². The summed E-state index contributed by atoms with van der Waals surface area (Å²) in [5.74, 6) is 0. The van der Waals surface area contributed by atoms with Crippen LogP contribution in [0.25, 0.3) is 0 Å². The zero-order valence-corrected chi connectivity index (χ0v) is 6.03. The number of aliphatic hydroxyl groups excluding tert-OH is 2. The van der Waals surface area contributed by atoms with Crippen molar-refractivity contribution in [3.8, 4) is 0 Å². The Morgan fingerprint density at radius 2 is 1.73 bits per heavy atom. The quantitative estimate of drug-likeness (QED) is 0.296. The second kappa shape index (κ2) is 5.90. The Bertz CT molecular complexity index is 113. The third-order valence-corrected chi connectivity index (χ3v) is 1.12. The van der Waals surface area contributed by atoms with Gasteiger partial charge in [0.1, 0.15) is 0 Å². The molecule has 0 radical (unpaired) electrons. The summed E-state index contributed by atoms with van der Waals surface area (Å²) in [4.78, 5) is 11.7. The van der Waals surface area contributed by atoms with Gasteiger partial charge in [0.2, 0.25) is 0 Å². The van der Waals surface area contributed by atoms with Crippen LogP contribution >= 0.6 is 0 Å². The van der Waals surface area contributed by atoms with E-state index < -0.39 is 6.03 Å². The van der Waals surface area contributed by atoms with E-state index in [0.29, 0.717) is 0 Å². The van der Waals surface area contributed by atoms with Gasteiger partial charge in [-0.25, -0.2) is 10.3 Å². The molecule has 0 atom stereocenters. The van der Waals surface area contributed by atoms with Crippen molar-refractivity contribution in [3.63, 3.8) is 0 Å². The molecule has 0 heterocycles. The summed E-state index contributed by atoms with van der Waals surface area (Å²) in [6.45, 7) is -0.221. The molecule has 0 fully saturated rings. The van der Waals surface area contributed by atoms with Gasteiger partial charge in [-0.3, -0.25) is 5.21 Å². The van der Waals surface area contributed by atoms with Crippen LogP contribution in [0, 0.1) is 0 Å². The average Bonchev–Trinajstić information content (AvgIpc) is 2.03. The SMILES string of the molecule is O=C(NO)N(CCO)CCO. The minimum Gasteiger partial charge on any atom is -0.395 e. The topological polar surface area (TPSA) is 93.0 Å². The molecular weight excluding hydrogens is 152 g/mol. The van der Waals surface area contributed by atoms with Crippen molar-refractivity contribution in [3.05, 3.63) is 0 Å². The number of hydrogen-bond acceptors (Lipinski definition) is 4. The molecule has 0 spiro atoms. The van der Waals surface area contributed by atoms with Crippen LogP contribution in [0.15, 0.2) is 0 Å². The molecule has 6 heteroatoms. The lowest BCUT2D eigenvalue weighted by Gasteiger charge is -2.18. The third-order valence-electron chi connectivity index (χ3n) is 1.12. The molecule has 11 heavy (non-hydrogen) atoms. The van der Waals surface area contributed by atoms with Crippen LogP contribution in [0.5, 0.6) is 0 Å². The van der Waals surface area contributed by atoms with Gasteiger partial charge in [0.25, 0.3) is 0 Å². The molecule has 4 N–H and O–H groups in total. The maximum Gasteiger partial charge on any atom is 0.341 e. The highest BCUT2D eigenvalue weighted by Crippen LogP contribution is 1.86. The smallest absolute Gasteiger partial charge is 0.341 e. The van der Waals surface area contributed by atoms with Crippen LogP contribution in [0.1, 0.15) is 0 Å². The molecule has 0 aromatic heterocycles. The minimum absolute atomic E-state index is 0.0902. The van der Waals surface area contributed by atoms with Gasteiger partial charge >= 0.3 is 6.03 Å². The number of carbonyl (C=O) groups is 1. The second-order valence-electron chi connectivity index (χ2n) is 1.85. The Morgan fingerprint density at radius 3 is 2.00 bits per heavy atom. The van der Waals surface area contributed by atoms with Crippen molar-refractivity contribution < 1.29 is 20.2 Å². The summed E-state index contributed by atoms with van der Waals surface area (Å²) in [5, 5.41) is 25.0. The fourth-order valence-electron chi connectivity index (χ4n) is 0.627. The van der Waals surface area contributed by atoms with E-state index in [-0.39, 0.29) is 26.3 Å². The van der Waals surface area contributed by atoms with Gasteiger partial charge in [-0.2, -0.15) is 0 Å². The Kier molecular flexibility index (Phi) is 5.44. The van der Waals surface area contributed by atoms with Crippen molar-refractivity contribution in [2.75, 3.05) is 26.3 Å². The normalized spacial score (nSPS) is 9.36. The molecular formula is C5H12N2O4. The molecule has 66 valence electrons. The number of carbonyl (C=O) groups excluding carboxylic acids is 1. The van der Waals surface area contributed by atoms with Crippen LogP contribution in [0.2, 0.25) is 0 Å². The zero-order valence-electron chi connectivity index (χ0n) is 6.03. The maximum atomic E-state index is 10.6. The van der Waals surface area contributed by atoms with Crippen molar-refractivity contribution in [1.29, 1.82) is 0 Å². The first kappa shape index (κ1) is 10.2. The van der Waals surface area contributed by atoms with E-state index in [1.165, 1.54) is 5.48 Å². The van der Waals surface area contributed by atoms with E-state index in [1.54, 1.807) is 0 Å². The summed E-state index contributed by atoms with van der Waals surface area (Å²) in [6.07, 6.45) is 0. The van der Waals surface area contributed by atoms with Gasteiger partial charge in [0.05, 0.1) is 13.2 Å². The highest BCUT2D eigenvalue weighted by Gasteiger charge is 2.09. The van der Waals surface area contributed by atoms with Gasteiger partial charge in [0.15, 0.2) is 0 Å². The molecule has 0 aromatic carbocycles. The highest BCUT2D eigenvalue weighted by molar-refractivity contribution is 5.72. The van der Waals surface area contributed by atoms with E-state index in [4.69, 9.17) is 15.4 Å². The fourth-order valence-corrected chi connectivity index (χ4v) is 0.627. The Balaban J connectivity index is 3.76. The number of amides is 2. The Labute approximate surface area is 64.0 Å². The van der Waals surface area contributed by atoms with Crippen LogP contribution in [0.4, 0.5) is 4.79 Å². The van der Waals surface area contributed by atoms with Crippen molar-refractivity contribution in [1.82, 2.24) is 10.4 Å². The summed E-state index contributed by atoms with van der Waals surface area (Å²) in [6, 6.07) is -0.729. The number of nitrogens with zero attached hydrogens (tertiary/aromatic N) is 1. The predicted octanol–water partition coefficient (Wildman–Crippen LogP) is -1.63. The molecule has 0 saturated heterocycles. The monoisotopic (exact) mass is 164 g/mol. The Hall–Kier alpha value is -0.850. The summed E-state index contributed by atoms with van der Waals surface area (Å²) in [7, 11) is 0. The lowest BCUT2D eigenvalue weighted by molar-refractivity contribution is 0.112. The van der Waals surface area contributed by atoms with E-state index in [2.05, 4.69) is 0 Å². The van der Waals surface area contributed by atoms with Crippen LogP contribution < -0.4 is 5.48 Å². The molecule has 0 aliphatic carbocycles. The fraction of sp³-hybridized carbons (Fsp3) is 0.800. The third kappa shape index (κ3) is 3.76. The first-order chi connectivity index (χ1) is 5.26.